The second-order valence-electron chi connectivity index (χ2n) is 5.22. The van der Waals surface area contributed by atoms with Gasteiger partial charge in [-0.3, -0.25) is 4.79 Å². The molecule has 0 spiro atoms. The summed E-state index contributed by atoms with van der Waals surface area (Å²) in [6.07, 6.45) is 2.90. The molecule has 1 aromatic heterocycles. The van der Waals surface area contributed by atoms with Crippen molar-refractivity contribution in [3.05, 3.63) is 35.6 Å². The standard InChI is InChI=1S/C15H16O3/c1-10-4-5-12-11(8-10)9-13(18-12)14(16)15(17)6-2-3-7-15/h4-5,8-9,17H,2-3,6-7H2,1H3. The van der Waals surface area contributed by atoms with E-state index in [4.69, 9.17) is 4.42 Å². The van der Waals surface area contributed by atoms with E-state index in [1.54, 1.807) is 6.07 Å². The Morgan fingerprint density at radius 3 is 2.72 bits per heavy atom. The van der Waals surface area contributed by atoms with Crippen molar-refractivity contribution in [1.82, 2.24) is 0 Å². The molecule has 2 aromatic rings. The molecule has 94 valence electrons. The fourth-order valence-corrected chi connectivity index (χ4v) is 2.69. The number of carbonyl (C=O) groups is 1. The Hall–Kier alpha value is -1.61. The van der Waals surface area contributed by atoms with Crippen LogP contribution in [0.1, 0.15) is 41.8 Å². The van der Waals surface area contributed by atoms with Gasteiger partial charge >= 0.3 is 0 Å². The van der Waals surface area contributed by atoms with E-state index in [0.29, 0.717) is 18.4 Å². The average molecular weight is 244 g/mol. The van der Waals surface area contributed by atoms with Crippen LogP contribution in [0.2, 0.25) is 0 Å². The first-order valence-corrected chi connectivity index (χ1v) is 6.36. The lowest BCUT2D eigenvalue weighted by Crippen LogP contribution is -2.34. The lowest BCUT2D eigenvalue weighted by molar-refractivity contribution is 0.0328. The van der Waals surface area contributed by atoms with E-state index < -0.39 is 5.60 Å². The number of benzene rings is 1. The topological polar surface area (TPSA) is 50.4 Å². The Labute approximate surface area is 105 Å². The molecular formula is C15H16O3. The summed E-state index contributed by atoms with van der Waals surface area (Å²) in [4.78, 5) is 12.3. The summed E-state index contributed by atoms with van der Waals surface area (Å²) in [6, 6.07) is 7.53. The highest BCUT2D eigenvalue weighted by Crippen LogP contribution is 2.34. The zero-order valence-electron chi connectivity index (χ0n) is 10.4. The first-order chi connectivity index (χ1) is 8.58. The maximum Gasteiger partial charge on any atom is 0.229 e. The summed E-state index contributed by atoms with van der Waals surface area (Å²) in [7, 11) is 0. The first kappa shape index (κ1) is 11.5. The quantitative estimate of drug-likeness (QED) is 0.825. The van der Waals surface area contributed by atoms with Gasteiger partial charge < -0.3 is 9.52 Å². The molecule has 18 heavy (non-hydrogen) atoms. The van der Waals surface area contributed by atoms with Crippen molar-refractivity contribution in [3.8, 4) is 0 Å². The van der Waals surface area contributed by atoms with Crippen LogP contribution in [0.4, 0.5) is 0 Å². The third-order valence-corrected chi connectivity index (χ3v) is 3.75. The van der Waals surface area contributed by atoms with Crippen molar-refractivity contribution >= 4 is 16.8 Å². The van der Waals surface area contributed by atoms with Crippen LogP contribution in [0.5, 0.6) is 0 Å². The van der Waals surface area contributed by atoms with E-state index in [-0.39, 0.29) is 11.5 Å². The molecule has 1 fully saturated rings. The van der Waals surface area contributed by atoms with Gasteiger partial charge in [0.25, 0.3) is 0 Å². The van der Waals surface area contributed by atoms with Crippen LogP contribution in [0.15, 0.2) is 28.7 Å². The van der Waals surface area contributed by atoms with Crippen LogP contribution in [-0.4, -0.2) is 16.5 Å². The molecule has 0 bridgehead atoms. The fraction of sp³-hybridized carbons (Fsp3) is 0.400. The molecular weight excluding hydrogens is 228 g/mol. The van der Waals surface area contributed by atoms with E-state index in [2.05, 4.69) is 0 Å². The van der Waals surface area contributed by atoms with Crippen molar-refractivity contribution in [2.75, 3.05) is 0 Å². The summed E-state index contributed by atoms with van der Waals surface area (Å²) in [6.45, 7) is 2.00. The molecule has 1 aliphatic rings. The Morgan fingerprint density at radius 1 is 1.28 bits per heavy atom. The largest absolute Gasteiger partial charge is 0.453 e. The highest BCUT2D eigenvalue weighted by molar-refractivity contribution is 6.03. The molecule has 3 nitrogen and oxygen atoms in total. The summed E-state index contributed by atoms with van der Waals surface area (Å²) in [5.74, 6) is 0.00820. The molecule has 0 unspecified atom stereocenters. The number of Topliss-reactive ketones (excluding diaryl/α,β-unsaturated/α-hetero) is 1. The highest BCUT2D eigenvalue weighted by Gasteiger charge is 2.40. The molecule has 3 heteroatoms. The summed E-state index contributed by atoms with van der Waals surface area (Å²) in [5.41, 5.74) is 0.621. The van der Waals surface area contributed by atoms with E-state index in [1.807, 2.05) is 25.1 Å². The minimum Gasteiger partial charge on any atom is -0.453 e. The highest BCUT2D eigenvalue weighted by atomic mass is 16.4. The van der Waals surface area contributed by atoms with Gasteiger partial charge in [-0.2, -0.15) is 0 Å². The third kappa shape index (κ3) is 1.75. The van der Waals surface area contributed by atoms with E-state index in [9.17, 15) is 9.90 Å². The molecule has 1 N–H and O–H groups in total. The third-order valence-electron chi connectivity index (χ3n) is 3.75. The van der Waals surface area contributed by atoms with Crippen molar-refractivity contribution in [2.45, 2.75) is 38.2 Å². The maximum atomic E-state index is 12.3. The molecule has 1 saturated carbocycles. The number of carbonyl (C=O) groups excluding carboxylic acids is 1. The zero-order valence-corrected chi connectivity index (χ0v) is 10.4. The molecule has 0 saturated heterocycles. The van der Waals surface area contributed by atoms with Gasteiger partial charge in [-0.05, 0) is 50.8 Å². The van der Waals surface area contributed by atoms with Crippen LogP contribution in [0.25, 0.3) is 11.0 Å². The van der Waals surface area contributed by atoms with Gasteiger partial charge in [0.15, 0.2) is 5.76 Å². The number of aryl methyl sites for hydroxylation is 1. The minimum atomic E-state index is -1.21. The Balaban J connectivity index is 2.01. The van der Waals surface area contributed by atoms with Gasteiger partial charge in [-0.1, -0.05) is 11.6 Å². The molecule has 1 heterocycles. The minimum absolute atomic E-state index is 0.270. The molecule has 0 amide bonds. The molecule has 1 aliphatic carbocycles. The van der Waals surface area contributed by atoms with Gasteiger partial charge in [0.1, 0.15) is 11.2 Å². The van der Waals surface area contributed by atoms with Gasteiger partial charge in [0.05, 0.1) is 0 Å². The predicted molar refractivity (Wildman–Crippen MR) is 68.7 cm³/mol. The van der Waals surface area contributed by atoms with Gasteiger partial charge in [0.2, 0.25) is 5.78 Å². The van der Waals surface area contributed by atoms with E-state index in [0.717, 1.165) is 23.8 Å². The van der Waals surface area contributed by atoms with Crippen LogP contribution in [0.3, 0.4) is 0 Å². The number of rotatable bonds is 2. The fourth-order valence-electron chi connectivity index (χ4n) is 2.69. The predicted octanol–water partition coefficient (Wildman–Crippen LogP) is 3.23. The summed E-state index contributed by atoms with van der Waals surface area (Å²) < 4.78 is 5.55. The molecule has 0 aliphatic heterocycles. The smallest absolute Gasteiger partial charge is 0.229 e. The average Bonchev–Trinajstić information content (AvgIpc) is 2.94. The molecule has 0 atom stereocenters. The van der Waals surface area contributed by atoms with Crippen LogP contribution < -0.4 is 0 Å². The number of ketones is 1. The second kappa shape index (κ2) is 3.95. The van der Waals surface area contributed by atoms with Gasteiger partial charge in [0, 0.05) is 5.39 Å². The Bertz CT molecular complexity index is 603. The summed E-state index contributed by atoms with van der Waals surface area (Å²) >= 11 is 0. The summed E-state index contributed by atoms with van der Waals surface area (Å²) in [5, 5.41) is 11.2. The zero-order chi connectivity index (χ0) is 12.8. The van der Waals surface area contributed by atoms with Crippen LogP contribution >= 0.6 is 0 Å². The maximum absolute atomic E-state index is 12.3. The number of furan rings is 1. The van der Waals surface area contributed by atoms with Crippen molar-refractivity contribution in [1.29, 1.82) is 0 Å². The van der Waals surface area contributed by atoms with E-state index >= 15 is 0 Å². The second-order valence-corrected chi connectivity index (χ2v) is 5.22. The number of aliphatic hydroxyl groups is 1. The number of fused-ring (bicyclic) bond motifs is 1. The van der Waals surface area contributed by atoms with E-state index in [1.165, 1.54) is 0 Å². The normalized spacial score (nSPS) is 18.3. The number of hydrogen-bond acceptors (Lipinski definition) is 3. The van der Waals surface area contributed by atoms with Gasteiger partial charge in [-0.15, -0.1) is 0 Å². The first-order valence-electron chi connectivity index (χ1n) is 6.36. The molecule has 1 aromatic carbocycles. The van der Waals surface area contributed by atoms with Gasteiger partial charge in [-0.25, -0.2) is 0 Å². The Morgan fingerprint density at radius 2 is 2.00 bits per heavy atom. The van der Waals surface area contributed by atoms with Crippen molar-refractivity contribution in [2.24, 2.45) is 0 Å². The molecule has 0 radical (unpaired) electrons. The monoisotopic (exact) mass is 244 g/mol. The lowest BCUT2D eigenvalue weighted by atomic mass is 9.95. The number of hydrogen-bond donors (Lipinski definition) is 1. The lowest BCUT2D eigenvalue weighted by Gasteiger charge is -2.18. The Kier molecular flexibility index (Phi) is 2.52. The van der Waals surface area contributed by atoms with Crippen LogP contribution in [0, 0.1) is 6.92 Å². The van der Waals surface area contributed by atoms with Crippen molar-refractivity contribution < 1.29 is 14.3 Å². The van der Waals surface area contributed by atoms with Crippen LogP contribution in [-0.2, 0) is 0 Å². The SMILES string of the molecule is Cc1ccc2oc(C(=O)C3(O)CCCC3)cc2c1. The molecule has 3 rings (SSSR count). The van der Waals surface area contributed by atoms with Crippen molar-refractivity contribution in [3.63, 3.8) is 0 Å².